The Balaban J connectivity index is 2.13. The molecule has 1 aliphatic rings. The summed E-state index contributed by atoms with van der Waals surface area (Å²) >= 11 is 0. The van der Waals surface area contributed by atoms with Crippen molar-refractivity contribution in [2.24, 2.45) is 0 Å². The van der Waals surface area contributed by atoms with Gasteiger partial charge < -0.3 is 5.32 Å². The van der Waals surface area contributed by atoms with Crippen LogP contribution in [0.3, 0.4) is 0 Å². The number of amides is 1. The van der Waals surface area contributed by atoms with Crippen molar-refractivity contribution in [3.63, 3.8) is 0 Å². The second kappa shape index (κ2) is 5.31. The van der Waals surface area contributed by atoms with E-state index in [9.17, 15) is 14.9 Å². The van der Waals surface area contributed by atoms with Gasteiger partial charge in [0.15, 0.2) is 0 Å². The molecule has 0 saturated heterocycles. The summed E-state index contributed by atoms with van der Waals surface area (Å²) in [5.41, 5.74) is 1.54. The molecule has 0 radical (unpaired) electrons. The number of nitrogens with zero attached hydrogens (tertiary/aromatic N) is 2. The first-order chi connectivity index (χ1) is 9.11. The molecule has 0 heterocycles. The Labute approximate surface area is 109 Å². The predicted octanol–water partition coefficient (Wildman–Crippen LogP) is 2.29. The second-order valence-corrected chi connectivity index (χ2v) is 4.18. The number of hydrogen-bond donors (Lipinski definition) is 1. The summed E-state index contributed by atoms with van der Waals surface area (Å²) < 4.78 is 0. The van der Waals surface area contributed by atoms with E-state index in [-0.39, 0.29) is 11.6 Å². The van der Waals surface area contributed by atoms with Gasteiger partial charge in [-0.1, -0.05) is 0 Å². The summed E-state index contributed by atoms with van der Waals surface area (Å²) in [6.45, 7) is 0. The molecule has 0 unspecified atom stereocenters. The lowest BCUT2D eigenvalue weighted by Crippen LogP contribution is -2.22. The van der Waals surface area contributed by atoms with Gasteiger partial charge in [-0.2, -0.15) is 5.26 Å². The summed E-state index contributed by atoms with van der Waals surface area (Å²) in [6, 6.07) is 7.43. The van der Waals surface area contributed by atoms with Crippen molar-refractivity contribution in [2.45, 2.75) is 19.3 Å². The van der Waals surface area contributed by atoms with Crippen molar-refractivity contribution in [2.75, 3.05) is 0 Å². The van der Waals surface area contributed by atoms with Crippen LogP contribution >= 0.6 is 0 Å². The minimum Gasteiger partial charge on any atom is -0.325 e. The molecule has 1 N–H and O–H groups in total. The van der Waals surface area contributed by atoms with Gasteiger partial charge in [-0.05, 0) is 31.4 Å². The minimum absolute atomic E-state index is 0.0608. The zero-order valence-electron chi connectivity index (χ0n) is 10.0. The summed E-state index contributed by atoms with van der Waals surface area (Å²) in [5.74, 6) is -0.348. The second-order valence-electron chi connectivity index (χ2n) is 4.18. The smallest absolute Gasteiger partial charge is 0.269 e. The number of non-ortho nitro benzene ring substituents is 1. The van der Waals surface area contributed by atoms with Gasteiger partial charge in [-0.25, -0.2) is 0 Å². The van der Waals surface area contributed by atoms with Crippen LogP contribution in [0.1, 0.15) is 29.6 Å². The van der Waals surface area contributed by atoms with Crippen LogP contribution in [-0.2, 0) is 0 Å². The highest BCUT2D eigenvalue weighted by molar-refractivity contribution is 5.95. The van der Waals surface area contributed by atoms with Crippen LogP contribution in [0.25, 0.3) is 0 Å². The fourth-order valence-electron chi connectivity index (χ4n) is 1.95. The van der Waals surface area contributed by atoms with E-state index < -0.39 is 4.92 Å². The van der Waals surface area contributed by atoms with E-state index >= 15 is 0 Å². The lowest BCUT2D eigenvalue weighted by atomic mass is 10.2. The third kappa shape index (κ3) is 2.77. The number of rotatable bonds is 3. The highest BCUT2D eigenvalue weighted by Gasteiger charge is 2.17. The van der Waals surface area contributed by atoms with E-state index in [1.54, 1.807) is 0 Å². The van der Waals surface area contributed by atoms with Crippen molar-refractivity contribution >= 4 is 11.6 Å². The molecular formula is C13H11N3O3. The fourth-order valence-corrected chi connectivity index (χ4v) is 1.95. The normalized spacial score (nSPS) is 14.1. The quantitative estimate of drug-likeness (QED) is 0.663. The van der Waals surface area contributed by atoms with Crippen molar-refractivity contribution in [1.29, 1.82) is 5.26 Å². The Morgan fingerprint density at radius 2 is 2.00 bits per heavy atom. The maximum atomic E-state index is 11.9. The molecule has 0 fully saturated rings. The standard InChI is InChI=1S/C13H11N3O3/c14-8-10-2-1-3-12(10)15-13(17)9-4-6-11(7-5-9)16(18)19/h4-7H,1-3H2,(H,15,17). The SMILES string of the molecule is N#CC1=C(NC(=O)c2ccc([N+](=O)[O-])cc2)CCC1. The van der Waals surface area contributed by atoms with Crippen LogP contribution in [0, 0.1) is 21.4 Å². The van der Waals surface area contributed by atoms with Crippen LogP contribution in [0.4, 0.5) is 5.69 Å². The summed E-state index contributed by atoms with van der Waals surface area (Å²) in [6.07, 6.45) is 2.23. The maximum absolute atomic E-state index is 11.9. The number of carbonyl (C=O) groups is 1. The number of carbonyl (C=O) groups excluding carboxylic acids is 1. The maximum Gasteiger partial charge on any atom is 0.269 e. The van der Waals surface area contributed by atoms with Gasteiger partial charge in [-0.3, -0.25) is 14.9 Å². The molecular weight excluding hydrogens is 246 g/mol. The zero-order chi connectivity index (χ0) is 13.8. The first-order valence-electron chi connectivity index (χ1n) is 5.79. The molecule has 0 atom stereocenters. The summed E-state index contributed by atoms with van der Waals surface area (Å²) in [4.78, 5) is 21.9. The third-order valence-electron chi connectivity index (χ3n) is 2.96. The number of nitrogens with one attached hydrogen (secondary N) is 1. The Morgan fingerprint density at radius 3 is 2.58 bits per heavy atom. The van der Waals surface area contributed by atoms with Gasteiger partial charge in [0.05, 0.1) is 11.0 Å². The Morgan fingerprint density at radius 1 is 1.32 bits per heavy atom. The lowest BCUT2D eigenvalue weighted by Gasteiger charge is -2.06. The molecule has 0 aliphatic heterocycles. The van der Waals surface area contributed by atoms with Gasteiger partial charge in [-0.15, -0.1) is 0 Å². The highest BCUT2D eigenvalue weighted by atomic mass is 16.6. The van der Waals surface area contributed by atoms with E-state index in [4.69, 9.17) is 5.26 Å². The van der Waals surface area contributed by atoms with E-state index in [0.717, 1.165) is 6.42 Å². The van der Waals surface area contributed by atoms with E-state index in [0.29, 0.717) is 29.7 Å². The Bertz CT molecular complexity index is 597. The number of benzene rings is 1. The molecule has 6 heteroatoms. The Kier molecular flexibility index (Phi) is 3.57. The van der Waals surface area contributed by atoms with Gasteiger partial charge in [0.25, 0.3) is 11.6 Å². The van der Waals surface area contributed by atoms with Gasteiger partial charge in [0.1, 0.15) is 0 Å². The molecule has 0 saturated carbocycles. The fraction of sp³-hybridized carbons (Fsp3) is 0.231. The van der Waals surface area contributed by atoms with E-state index in [1.165, 1.54) is 24.3 Å². The average Bonchev–Trinajstić information content (AvgIpc) is 2.86. The van der Waals surface area contributed by atoms with Gasteiger partial charge >= 0.3 is 0 Å². The molecule has 1 amide bonds. The molecule has 1 aliphatic carbocycles. The molecule has 0 spiro atoms. The zero-order valence-corrected chi connectivity index (χ0v) is 10.0. The minimum atomic E-state index is -0.519. The van der Waals surface area contributed by atoms with Crippen molar-refractivity contribution in [3.05, 3.63) is 51.2 Å². The van der Waals surface area contributed by atoms with Crippen LogP contribution in [0.15, 0.2) is 35.5 Å². The molecule has 1 aromatic rings. The molecule has 2 rings (SSSR count). The number of nitro groups is 1. The number of hydrogen-bond acceptors (Lipinski definition) is 4. The molecule has 0 bridgehead atoms. The molecule has 96 valence electrons. The van der Waals surface area contributed by atoms with Crippen molar-refractivity contribution in [3.8, 4) is 6.07 Å². The van der Waals surface area contributed by atoms with Crippen LogP contribution in [-0.4, -0.2) is 10.8 Å². The first kappa shape index (κ1) is 12.8. The van der Waals surface area contributed by atoms with Crippen molar-refractivity contribution < 1.29 is 9.72 Å². The predicted molar refractivity (Wildman–Crippen MR) is 67.1 cm³/mol. The largest absolute Gasteiger partial charge is 0.325 e. The van der Waals surface area contributed by atoms with Gasteiger partial charge in [0.2, 0.25) is 0 Å². The van der Waals surface area contributed by atoms with Gasteiger partial charge in [0, 0.05) is 29.0 Å². The summed E-state index contributed by atoms with van der Waals surface area (Å²) in [5, 5.41) is 22.1. The number of nitro benzene ring substituents is 1. The number of allylic oxidation sites excluding steroid dienone is 2. The molecule has 1 aromatic carbocycles. The molecule has 6 nitrogen and oxygen atoms in total. The molecule has 0 aromatic heterocycles. The first-order valence-corrected chi connectivity index (χ1v) is 5.79. The highest BCUT2D eigenvalue weighted by Crippen LogP contribution is 2.23. The summed E-state index contributed by atoms with van der Waals surface area (Å²) in [7, 11) is 0. The molecule has 19 heavy (non-hydrogen) atoms. The monoisotopic (exact) mass is 257 g/mol. The average molecular weight is 257 g/mol. The van der Waals surface area contributed by atoms with E-state index in [1.807, 2.05) is 0 Å². The van der Waals surface area contributed by atoms with Crippen LogP contribution in [0.2, 0.25) is 0 Å². The lowest BCUT2D eigenvalue weighted by molar-refractivity contribution is -0.384. The van der Waals surface area contributed by atoms with Crippen LogP contribution < -0.4 is 5.32 Å². The Hall–Kier alpha value is -2.68. The van der Waals surface area contributed by atoms with E-state index in [2.05, 4.69) is 11.4 Å². The van der Waals surface area contributed by atoms with Crippen molar-refractivity contribution in [1.82, 2.24) is 5.32 Å². The third-order valence-corrected chi connectivity index (χ3v) is 2.96. The number of nitriles is 1. The van der Waals surface area contributed by atoms with Crippen LogP contribution in [0.5, 0.6) is 0 Å². The topological polar surface area (TPSA) is 96.0 Å².